The van der Waals surface area contributed by atoms with Crippen molar-refractivity contribution in [2.45, 2.75) is 0 Å². The molecule has 0 unspecified atom stereocenters. The van der Waals surface area contributed by atoms with Crippen LogP contribution in [-0.4, -0.2) is 13.1 Å². The van der Waals surface area contributed by atoms with Gasteiger partial charge in [-0.2, -0.15) is 0 Å². The van der Waals surface area contributed by atoms with Crippen molar-refractivity contribution in [1.82, 2.24) is 0 Å². The van der Waals surface area contributed by atoms with E-state index in [2.05, 4.69) is 4.74 Å². The number of carbonyl (C=O) groups excluding carboxylic acids is 1. The third-order valence-corrected chi connectivity index (χ3v) is 1.97. The molecular weight excluding hydrogens is 187 g/mol. The number of methoxy groups -OCH3 is 1. The number of fused-ring (bicyclic) bond motifs is 1. The number of ether oxygens (including phenoxy) is 1. The Bertz CT molecular complexity index is 487. The highest BCUT2D eigenvalue weighted by Crippen LogP contribution is 2.22. The van der Waals surface area contributed by atoms with Crippen LogP contribution in [0.2, 0.25) is 0 Å². The van der Waals surface area contributed by atoms with Gasteiger partial charge in [0.15, 0.2) is 11.4 Å². The van der Waals surface area contributed by atoms with E-state index < -0.39 is 11.8 Å². The van der Waals surface area contributed by atoms with Gasteiger partial charge in [-0.05, 0) is 12.1 Å². The van der Waals surface area contributed by atoms with Gasteiger partial charge in [0.05, 0.1) is 18.9 Å². The highest BCUT2D eigenvalue weighted by atomic mass is 19.1. The molecule has 0 aliphatic carbocycles. The molecule has 14 heavy (non-hydrogen) atoms. The lowest BCUT2D eigenvalue weighted by molar-refractivity contribution is 0.0595. The molecule has 4 heteroatoms. The smallest absolute Gasteiger partial charge is 0.340 e. The molecule has 0 N–H and O–H groups in total. The minimum Gasteiger partial charge on any atom is -0.465 e. The lowest BCUT2D eigenvalue weighted by atomic mass is 10.1. The molecule has 0 saturated heterocycles. The number of rotatable bonds is 1. The van der Waals surface area contributed by atoms with E-state index in [1.165, 1.54) is 19.4 Å². The maximum absolute atomic E-state index is 13.5. The summed E-state index contributed by atoms with van der Waals surface area (Å²) in [7, 11) is 1.20. The number of esters is 1. The van der Waals surface area contributed by atoms with Crippen LogP contribution in [0.4, 0.5) is 4.39 Å². The van der Waals surface area contributed by atoms with Gasteiger partial charge >= 0.3 is 5.97 Å². The zero-order valence-corrected chi connectivity index (χ0v) is 7.41. The predicted molar refractivity (Wildman–Crippen MR) is 47.5 cm³/mol. The van der Waals surface area contributed by atoms with Gasteiger partial charge in [0.2, 0.25) is 0 Å². The average Bonchev–Trinajstić information content (AvgIpc) is 2.66. The molecule has 72 valence electrons. The van der Waals surface area contributed by atoms with Crippen LogP contribution in [0.1, 0.15) is 10.4 Å². The Morgan fingerprint density at radius 2 is 2.21 bits per heavy atom. The zero-order chi connectivity index (χ0) is 10.1. The van der Waals surface area contributed by atoms with Gasteiger partial charge in [0.25, 0.3) is 0 Å². The van der Waals surface area contributed by atoms with Crippen LogP contribution >= 0.6 is 0 Å². The van der Waals surface area contributed by atoms with Crippen molar-refractivity contribution in [2.24, 2.45) is 0 Å². The molecule has 0 aliphatic heterocycles. The lowest BCUT2D eigenvalue weighted by Gasteiger charge is -2.00. The molecule has 0 aliphatic rings. The Morgan fingerprint density at radius 3 is 2.93 bits per heavy atom. The molecule has 3 nitrogen and oxygen atoms in total. The fourth-order valence-corrected chi connectivity index (χ4v) is 1.26. The molecule has 1 heterocycles. The number of hydrogen-bond acceptors (Lipinski definition) is 3. The molecule has 0 amide bonds. The molecule has 0 fully saturated rings. The first-order valence-corrected chi connectivity index (χ1v) is 3.98. The highest BCUT2D eigenvalue weighted by Gasteiger charge is 2.16. The third-order valence-electron chi connectivity index (χ3n) is 1.97. The normalized spacial score (nSPS) is 10.4. The summed E-state index contributed by atoms with van der Waals surface area (Å²) in [5.74, 6) is -1.39. The summed E-state index contributed by atoms with van der Waals surface area (Å²) >= 11 is 0. The standard InChI is InChI=1S/C10H7FO3/c1-13-10(12)7-3-2-6-4-5-14-9(6)8(7)11/h2-5H,1H3. The Hall–Kier alpha value is -1.84. The Morgan fingerprint density at radius 1 is 1.43 bits per heavy atom. The zero-order valence-electron chi connectivity index (χ0n) is 7.41. The predicted octanol–water partition coefficient (Wildman–Crippen LogP) is 2.36. The first-order valence-electron chi connectivity index (χ1n) is 3.98. The SMILES string of the molecule is COC(=O)c1ccc2ccoc2c1F. The number of hydrogen-bond donors (Lipinski definition) is 0. The molecular formula is C10H7FO3. The summed E-state index contributed by atoms with van der Waals surface area (Å²) in [6.07, 6.45) is 1.37. The second kappa shape index (κ2) is 3.14. The van der Waals surface area contributed by atoms with E-state index in [1.807, 2.05) is 0 Å². The maximum Gasteiger partial charge on any atom is 0.340 e. The fourth-order valence-electron chi connectivity index (χ4n) is 1.26. The second-order valence-electron chi connectivity index (χ2n) is 2.76. The molecule has 0 atom stereocenters. The Kier molecular flexibility index (Phi) is 1.96. The van der Waals surface area contributed by atoms with E-state index in [1.54, 1.807) is 12.1 Å². The van der Waals surface area contributed by atoms with Gasteiger partial charge in [-0.15, -0.1) is 0 Å². The van der Waals surface area contributed by atoms with Gasteiger partial charge in [0.1, 0.15) is 0 Å². The van der Waals surface area contributed by atoms with Gasteiger partial charge in [-0.3, -0.25) is 0 Å². The van der Waals surface area contributed by atoms with Crippen molar-refractivity contribution in [3.05, 3.63) is 35.8 Å². The first-order chi connectivity index (χ1) is 6.74. The van der Waals surface area contributed by atoms with Crippen molar-refractivity contribution in [3.63, 3.8) is 0 Å². The van der Waals surface area contributed by atoms with Crippen molar-refractivity contribution in [3.8, 4) is 0 Å². The van der Waals surface area contributed by atoms with E-state index >= 15 is 0 Å². The van der Waals surface area contributed by atoms with Crippen LogP contribution in [0.25, 0.3) is 11.0 Å². The lowest BCUT2D eigenvalue weighted by Crippen LogP contribution is -2.04. The van der Waals surface area contributed by atoms with E-state index in [4.69, 9.17) is 4.42 Å². The largest absolute Gasteiger partial charge is 0.465 e. The molecule has 0 spiro atoms. The third kappa shape index (κ3) is 1.16. The van der Waals surface area contributed by atoms with E-state index in [0.29, 0.717) is 5.39 Å². The number of benzene rings is 1. The van der Waals surface area contributed by atoms with Crippen LogP contribution in [-0.2, 0) is 4.74 Å². The van der Waals surface area contributed by atoms with Crippen molar-refractivity contribution in [2.75, 3.05) is 7.11 Å². The summed E-state index contributed by atoms with van der Waals surface area (Å²) in [6, 6.07) is 4.60. The summed E-state index contributed by atoms with van der Waals surface area (Å²) in [5.41, 5.74) is -0.0390. The van der Waals surface area contributed by atoms with E-state index in [-0.39, 0.29) is 11.1 Å². The number of halogens is 1. The van der Waals surface area contributed by atoms with Crippen LogP contribution in [0.3, 0.4) is 0 Å². The van der Waals surface area contributed by atoms with Gasteiger partial charge < -0.3 is 9.15 Å². The molecule has 0 bridgehead atoms. The monoisotopic (exact) mass is 194 g/mol. The highest BCUT2D eigenvalue weighted by molar-refractivity contribution is 5.94. The second-order valence-corrected chi connectivity index (χ2v) is 2.76. The van der Waals surface area contributed by atoms with Crippen LogP contribution in [0, 0.1) is 5.82 Å². The fraction of sp³-hybridized carbons (Fsp3) is 0.100. The summed E-state index contributed by atoms with van der Waals surface area (Å²) in [4.78, 5) is 11.1. The molecule has 2 aromatic rings. The van der Waals surface area contributed by atoms with Gasteiger partial charge in [-0.1, -0.05) is 6.07 Å². The quantitative estimate of drug-likeness (QED) is 0.654. The number of carbonyl (C=O) groups is 1. The van der Waals surface area contributed by atoms with Crippen molar-refractivity contribution < 1.29 is 18.3 Å². The van der Waals surface area contributed by atoms with Gasteiger partial charge in [0, 0.05) is 5.39 Å². The summed E-state index contributed by atoms with van der Waals surface area (Å²) in [5, 5.41) is 0.621. The first kappa shape index (κ1) is 8.74. The van der Waals surface area contributed by atoms with E-state index in [0.717, 1.165) is 0 Å². The van der Waals surface area contributed by atoms with Crippen LogP contribution < -0.4 is 0 Å². The Labute approximate surface area is 79.1 Å². The molecule has 0 radical (unpaired) electrons. The minimum atomic E-state index is -0.708. The van der Waals surface area contributed by atoms with Crippen molar-refractivity contribution in [1.29, 1.82) is 0 Å². The Balaban J connectivity index is 2.67. The van der Waals surface area contributed by atoms with Crippen LogP contribution in [0.5, 0.6) is 0 Å². The average molecular weight is 194 g/mol. The van der Waals surface area contributed by atoms with Gasteiger partial charge in [-0.25, -0.2) is 9.18 Å². The summed E-state index contributed by atoms with van der Waals surface area (Å²) < 4.78 is 22.9. The molecule has 2 rings (SSSR count). The van der Waals surface area contributed by atoms with Crippen molar-refractivity contribution >= 4 is 16.9 Å². The maximum atomic E-state index is 13.5. The molecule has 1 aromatic heterocycles. The molecule has 1 aromatic carbocycles. The summed E-state index contributed by atoms with van der Waals surface area (Å²) in [6.45, 7) is 0. The van der Waals surface area contributed by atoms with E-state index in [9.17, 15) is 9.18 Å². The molecule has 0 saturated carbocycles. The minimum absolute atomic E-state index is 0.0768. The topological polar surface area (TPSA) is 39.4 Å². The number of furan rings is 1. The van der Waals surface area contributed by atoms with Crippen LogP contribution in [0.15, 0.2) is 28.9 Å².